The Hall–Kier alpha value is -2.90. The van der Waals surface area contributed by atoms with Crippen molar-refractivity contribution in [3.05, 3.63) is 59.7 Å². The van der Waals surface area contributed by atoms with E-state index in [9.17, 15) is 9.59 Å². The predicted octanol–water partition coefficient (Wildman–Crippen LogP) is 1.95. The van der Waals surface area contributed by atoms with Gasteiger partial charge in [0.25, 0.3) is 0 Å². The Kier molecular flexibility index (Phi) is 6.61. The highest BCUT2D eigenvalue weighted by atomic mass is 16.5. The Morgan fingerprint density at radius 2 is 1.70 bits per heavy atom. The van der Waals surface area contributed by atoms with Crippen molar-refractivity contribution in [1.29, 1.82) is 0 Å². The van der Waals surface area contributed by atoms with Crippen molar-refractivity contribution in [1.82, 2.24) is 10.2 Å². The Morgan fingerprint density at radius 1 is 0.967 bits per heavy atom. The molecule has 1 fully saturated rings. The third-order valence-corrected chi connectivity index (χ3v) is 5.42. The minimum Gasteiger partial charge on any atom is -0.491 e. The minimum absolute atomic E-state index is 0.0230. The summed E-state index contributed by atoms with van der Waals surface area (Å²) in [4.78, 5) is 29.1. The molecule has 0 radical (unpaired) electrons. The number of morpholine rings is 1. The van der Waals surface area contributed by atoms with Gasteiger partial charge >= 0.3 is 0 Å². The zero-order valence-electron chi connectivity index (χ0n) is 17.0. The number of hydrogen-bond acceptors (Lipinski definition) is 5. The molecule has 0 aliphatic carbocycles. The molecule has 2 aliphatic rings. The molecule has 7 nitrogen and oxygen atoms in total. The van der Waals surface area contributed by atoms with E-state index in [2.05, 4.69) is 16.3 Å². The molecule has 158 valence electrons. The highest BCUT2D eigenvalue weighted by molar-refractivity contribution is 6.00. The molecule has 30 heavy (non-hydrogen) atoms. The lowest BCUT2D eigenvalue weighted by Gasteiger charge is -2.27. The first-order valence-corrected chi connectivity index (χ1v) is 10.4. The summed E-state index contributed by atoms with van der Waals surface area (Å²) in [5.41, 5.74) is 2.93. The summed E-state index contributed by atoms with van der Waals surface area (Å²) in [6, 6.07) is 15.5. The number of hydrogen-bond donors (Lipinski definition) is 1. The first-order valence-electron chi connectivity index (χ1n) is 10.4. The summed E-state index contributed by atoms with van der Waals surface area (Å²) < 4.78 is 11.1. The number of fused-ring (bicyclic) bond motifs is 1. The van der Waals surface area contributed by atoms with Crippen molar-refractivity contribution in [3.63, 3.8) is 0 Å². The van der Waals surface area contributed by atoms with E-state index in [4.69, 9.17) is 9.47 Å². The molecule has 0 spiro atoms. The molecule has 2 amide bonds. The van der Waals surface area contributed by atoms with Crippen LogP contribution in [0.15, 0.2) is 48.5 Å². The number of nitrogens with one attached hydrogen (secondary N) is 1. The summed E-state index contributed by atoms with van der Waals surface area (Å²) in [5.74, 6) is 0.330. The molecular weight excluding hydrogens is 382 g/mol. The number of benzene rings is 2. The molecule has 4 rings (SSSR count). The van der Waals surface area contributed by atoms with Gasteiger partial charge in [0.1, 0.15) is 12.3 Å². The zero-order chi connectivity index (χ0) is 20.8. The fraction of sp³-hybridized carbons (Fsp3) is 0.391. The highest BCUT2D eigenvalue weighted by Gasteiger charge is 2.25. The monoisotopic (exact) mass is 409 g/mol. The lowest BCUT2D eigenvalue weighted by Crippen LogP contribution is -2.40. The normalized spacial score (nSPS) is 17.1. The Bertz CT molecular complexity index is 896. The molecule has 0 bridgehead atoms. The van der Waals surface area contributed by atoms with Gasteiger partial charge in [-0.1, -0.05) is 36.4 Å². The number of carbonyl (C=O) groups is 2. The van der Waals surface area contributed by atoms with Crippen molar-refractivity contribution >= 4 is 17.5 Å². The zero-order valence-corrected chi connectivity index (χ0v) is 17.0. The van der Waals surface area contributed by atoms with E-state index in [0.717, 1.165) is 38.4 Å². The first-order chi connectivity index (χ1) is 14.7. The second-order valence-corrected chi connectivity index (χ2v) is 7.48. The second-order valence-electron chi connectivity index (χ2n) is 7.48. The maximum atomic E-state index is 12.7. The number of carbonyl (C=O) groups excluding carboxylic acids is 2. The van der Waals surface area contributed by atoms with Gasteiger partial charge in [-0.05, 0) is 23.3 Å². The topological polar surface area (TPSA) is 71.1 Å². The molecule has 2 aromatic carbocycles. The summed E-state index contributed by atoms with van der Waals surface area (Å²) in [6.45, 7) is 4.92. The molecule has 2 aromatic rings. The van der Waals surface area contributed by atoms with Crippen LogP contribution in [0.2, 0.25) is 0 Å². The van der Waals surface area contributed by atoms with Gasteiger partial charge in [0.05, 0.1) is 31.9 Å². The van der Waals surface area contributed by atoms with E-state index in [1.54, 1.807) is 0 Å². The smallest absolute Gasteiger partial charge is 0.240 e. The Labute approximate surface area is 176 Å². The third kappa shape index (κ3) is 4.98. The number of nitrogens with zero attached hydrogens (tertiary/aromatic N) is 2. The van der Waals surface area contributed by atoms with E-state index in [0.29, 0.717) is 24.6 Å². The maximum absolute atomic E-state index is 12.7. The fourth-order valence-electron chi connectivity index (χ4n) is 3.77. The van der Waals surface area contributed by atoms with Crippen LogP contribution < -0.4 is 15.0 Å². The average Bonchev–Trinajstić information content (AvgIpc) is 2.93. The van der Waals surface area contributed by atoms with Gasteiger partial charge in [-0.15, -0.1) is 0 Å². The van der Waals surface area contributed by atoms with Gasteiger partial charge in [0.15, 0.2) is 0 Å². The van der Waals surface area contributed by atoms with Crippen LogP contribution in [0, 0.1) is 0 Å². The quantitative estimate of drug-likeness (QED) is 0.790. The summed E-state index contributed by atoms with van der Waals surface area (Å²) in [7, 11) is 0. The van der Waals surface area contributed by atoms with Crippen molar-refractivity contribution in [2.75, 3.05) is 44.4 Å². The SMILES string of the molecule is O=C(CN1C(=O)CCOc2ccccc21)NCc1ccccc1CN1CCOCC1. The van der Waals surface area contributed by atoms with Gasteiger partial charge in [-0.2, -0.15) is 0 Å². The standard InChI is InChI=1S/C23H27N3O4/c27-22(17-26-20-7-3-4-8-21(20)30-12-9-23(26)28)24-15-18-5-1-2-6-19(18)16-25-10-13-29-14-11-25/h1-8H,9-17H2,(H,24,27). The van der Waals surface area contributed by atoms with Crippen LogP contribution in [-0.2, 0) is 27.4 Å². The number of amides is 2. The van der Waals surface area contributed by atoms with Gasteiger partial charge in [-0.3, -0.25) is 19.4 Å². The molecule has 1 saturated heterocycles. The van der Waals surface area contributed by atoms with Crippen molar-refractivity contribution in [2.24, 2.45) is 0 Å². The molecule has 0 unspecified atom stereocenters. The van der Waals surface area contributed by atoms with E-state index in [-0.39, 0.29) is 24.8 Å². The van der Waals surface area contributed by atoms with Gasteiger partial charge in [-0.25, -0.2) is 0 Å². The van der Waals surface area contributed by atoms with Gasteiger partial charge in [0, 0.05) is 26.2 Å². The molecule has 2 aliphatic heterocycles. The molecule has 1 N–H and O–H groups in total. The Morgan fingerprint density at radius 3 is 2.53 bits per heavy atom. The summed E-state index contributed by atoms with van der Waals surface area (Å²) in [5, 5.41) is 2.98. The van der Waals surface area contributed by atoms with Crippen LogP contribution in [0.25, 0.3) is 0 Å². The molecular formula is C23H27N3O4. The van der Waals surface area contributed by atoms with Gasteiger partial charge < -0.3 is 14.8 Å². The van der Waals surface area contributed by atoms with Crippen molar-refractivity contribution < 1.29 is 19.1 Å². The van der Waals surface area contributed by atoms with Crippen LogP contribution in [0.3, 0.4) is 0 Å². The third-order valence-electron chi connectivity index (χ3n) is 5.42. The number of ether oxygens (including phenoxy) is 2. The van der Waals surface area contributed by atoms with Crippen molar-refractivity contribution in [2.45, 2.75) is 19.5 Å². The van der Waals surface area contributed by atoms with Crippen LogP contribution in [0.4, 0.5) is 5.69 Å². The van der Waals surface area contributed by atoms with Crippen LogP contribution >= 0.6 is 0 Å². The number of rotatable bonds is 6. The van der Waals surface area contributed by atoms with Crippen LogP contribution in [0.5, 0.6) is 5.75 Å². The fourth-order valence-corrected chi connectivity index (χ4v) is 3.77. The Balaban J connectivity index is 1.39. The molecule has 0 saturated carbocycles. The van der Waals surface area contributed by atoms with E-state index in [1.165, 1.54) is 10.5 Å². The highest BCUT2D eigenvalue weighted by Crippen LogP contribution is 2.30. The predicted molar refractivity (Wildman–Crippen MR) is 113 cm³/mol. The minimum atomic E-state index is -0.193. The summed E-state index contributed by atoms with van der Waals surface area (Å²) in [6.07, 6.45) is 0.254. The molecule has 0 atom stereocenters. The molecule has 2 heterocycles. The first kappa shape index (κ1) is 20.4. The second kappa shape index (κ2) is 9.73. The van der Waals surface area contributed by atoms with Crippen molar-refractivity contribution in [3.8, 4) is 5.75 Å². The largest absolute Gasteiger partial charge is 0.491 e. The lowest BCUT2D eigenvalue weighted by atomic mass is 10.1. The average molecular weight is 409 g/mol. The van der Waals surface area contributed by atoms with E-state index in [1.807, 2.05) is 42.5 Å². The maximum Gasteiger partial charge on any atom is 0.240 e. The molecule has 7 heteroatoms. The lowest BCUT2D eigenvalue weighted by molar-refractivity contribution is -0.124. The van der Waals surface area contributed by atoms with E-state index >= 15 is 0 Å². The van der Waals surface area contributed by atoms with Crippen LogP contribution in [-0.4, -0.2) is 56.2 Å². The van der Waals surface area contributed by atoms with Crippen LogP contribution in [0.1, 0.15) is 17.5 Å². The number of para-hydroxylation sites is 2. The summed E-state index contributed by atoms with van der Waals surface area (Å²) >= 11 is 0. The molecule has 0 aromatic heterocycles. The van der Waals surface area contributed by atoms with E-state index < -0.39 is 0 Å². The van der Waals surface area contributed by atoms with Gasteiger partial charge in [0.2, 0.25) is 11.8 Å². The number of anilines is 1.